The van der Waals surface area contributed by atoms with Crippen molar-refractivity contribution in [3.8, 4) is 0 Å². The second-order valence-electron chi connectivity index (χ2n) is 6.42. The Morgan fingerprint density at radius 2 is 1.83 bits per heavy atom. The standard InChI is InChI=1S/C20H25N3O/c21-19-8-6-16(7-9-19)14-20(24)22-11-3-12-23-13-10-17-4-1-2-5-18(17)15-23/h1-2,4-9H,3,10-15,21H2,(H,22,24). The van der Waals surface area contributed by atoms with Gasteiger partial charge < -0.3 is 11.1 Å². The van der Waals surface area contributed by atoms with Gasteiger partial charge in [-0.05, 0) is 41.7 Å². The smallest absolute Gasteiger partial charge is 0.224 e. The van der Waals surface area contributed by atoms with Crippen molar-refractivity contribution in [3.05, 3.63) is 65.2 Å². The van der Waals surface area contributed by atoms with Gasteiger partial charge in [0.2, 0.25) is 5.91 Å². The van der Waals surface area contributed by atoms with Crippen LogP contribution in [0.5, 0.6) is 0 Å². The molecule has 0 unspecified atom stereocenters. The van der Waals surface area contributed by atoms with Crippen molar-refractivity contribution in [2.45, 2.75) is 25.8 Å². The summed E-state index contributed by atoms with van der Waals surface area (Å²) >= 11 is 0. The lowest BCUT2D eigenvalue weighted by atomic mass is 10.00. The average Bonchev–Trinajstić information content (AvgIpc) is 2.60. The number of hydrogen-bond donors (Lipinski definition) is 2. The fraction of sp³-hybridized carbons (Fsp3) is 0.350. The second kappa shape index (κ2) is 7.97. The Balaban J connectivity index is 1.35. The number of amides is 1. The predicted molar refractivity (Wildman–Crippen MR) is 97.6 cm³/mol. The van der Waals surface area contributed by atoms with Crippen LogP contribution < -0.4 is 11.1 Å². The highest BCUT2D eigenvalue weighted by Crippen LogP contribution is 2.18. The van der Waals surface area contributed by atoms with Crippen molar-refractivity contribution in [1.82, 2.24) is 10.2 Å². The number of anilines is 1. The molecule has 126 valence electrons. The Morgan fingerprint density at radius 1 is 1.08 bits per heavy atom. The van der Waals surface area contributed by atoms with Gasteiger partial charge in [-0.25, -0.2) is 0 Å². The van der Waals surface area contributed by atoms with Crippen LogP contribution in [0.3, 0.4) is 0 Å². The normalized spacial score (nSPS) is 14.2. The maximum absolute atomic E-state index is 12.0. The molecule has 24 heavy (non-hydrogen) atoms. The molecule has 0 aromatic heterocycles. The van der Waals surface area contributed by atoms with Gasteiger partial charge in [-0.15, -0.1) is 0 Å². The number of carbonyl (C=O) groups excluding carboxylic acids is 1. The molecular weight excluding hydrogens is 298 g/mol. The van der Waals surface area contributed by atoms with Gasteiger partial charge in [0.25, 0.3) is 0 Å². The summed E-state index contributed by atoms with van der Waals surface area (Å²) in [4.78, 5) is 14.4. The zero-order valence-electron chi connectivity index (χ0n) is 14.0. The molecular formula is C20H25N3O. The maximum Gasteiger partial charge on any atom is 0.224 e. The van der Waals surface area contributed by atoms with Crippen LogP contribution in [0.4, 0.5) is 5.69 Å². The summed E-state index contributed by atoms with van der Waals surface area (Å²) in [5, 5.41) is 3.01. The fourth-order valence-electron chi connectivity index (χ4n) is 3.16. The third kappa shape index (κ3) is 4.59. The third-order valence-electron chi connectivity index (χ3n) is 4.53. The summed E-state index contributed by atoms with van der Waals surface area (Å²) in [6, 6.07) is 16.1. The predicted octanol–water partition coefficient (Wildman–Crippen LogP) is 2.38. The minimum Gasteiger partial charge on any atom is -0.399 e. The Hall–Kier alpha value is -2.33. The molecule has 3 N–H and O–H groups in total. The van der Waals surface area contributed by atoms with E-state index >= 15 is 0 Å². The summed E-state index contributed by atoms with van der Waals surface area (Å²) < 4.78 is 0. The molecule has 0 radical (unpaired) electrons. The number of hydrogen-bond acceptors (Lipinski definition) is 3. The number of carbonyl (C=O) groups is 1. The number of nitrogens with zero attached hydrogens (tertiary/aromatic N) is 1. The van der Waals surface area contributed by atoms with E-state index in [0.29, 0.717) is 6.42 Å². The zero-order valence-corrected chi connectivity index (χ0v) is 14.0. The highest BCUT2D eigenvalue weighted by atomic mass is 16.1. The zero-order chi connectivity index (χ0) is 16.8. The summed E-state index contributed by atoms with van der Waals surface area (Å²) in [6.45, 7) is 3.88. The highest BCUT2D eigenvalue weighted by molar-refractivity contribution is 5.78. The lowest BCUT2D eigenvalue weighted by molar-refractivity contribution is -0.120. The first kappa shape index (κ1) is 16.5. The van der Waals surface area contributed by atoms with E-state index in [1.165, 1.54) is 11.1 Å². The Kier molecular flexibility index (Phi) is 5.49. The maximum atomic E-state index is 12.0. The second-order valence-corrected chi connectivity index (χ2v) is 6.42. The molecule has 1 aliphatic heterocycles. The Bertz CT molecular complexity index is 682. The molecule has 4 nitrogen and oxygen atoms in total. The molecule has 0 spiro atoms. The largest absolute Gasteiger partial charge is 0.399 e. The van der Waals surface area contributed by atoms with Crippen LogP contribution in [0.2, 0.25) is 0 Å². The van der Waals surface area contributed by atoms with Crippen LogP contribution in [0.25, 0.3) is 0 Å². The van der Waals surface area contributed by atoms with Crippen LogP contribution in [0.15, 0.2) is 48.5 Å². The first-order valence-corrected chi connectivity index (χ1v) is 8.61. The Morgan fingerprint density at radius 3 is 2.62 bits per heavy atom. The van der Waals surface area contributed by atoms with Crippen molar-refractivity contribution in [3.63, 3.8) is 0 Å². The minimum atomic E-state index is 0.0729. The molecule has 4 heteroatoms. The first-order valence-electron chi connectivity index (χ1n) is 8.61. The lowest BCUT2D eigenvalue weighted by Gasteiger charge is -2.28. The summed E-state index contributed by atoms with van der Waals surface area (Å²) in [5.41, 5.74) is 10.3. The quantitative estimate of drug-likeness (QED) is 0.634. The van der Waals surface area contributed by atoms with E-state index in [0.717, 1.165) is 50.3 Å². The monoisotopic (exact) mass is 323 g/mol. The van der Waals surface area contributed by atoms with E-state index < -0.39 is 0 Å². The topological polar surface area (TPSA) is 58.4 Å². The Labute approximate surface area is 143 Å². The van der Waals surface area contributed by atoms with Gasteiger partial charge in [0.05, 0.1) is 6.42 Å². The summed E-state index contributed by atoms with van der Waals surface area (Å²) in [5.74, 6) is 0.0729. The molecule has 1 heterocycles. The van der Waals surface area contributed by atoms with Gasteiger partial charge in [-0.1, -0.05) is 36.4 Å². The van der Waals surface area contributed by atoms with Crippen molar-refractivity contribution < 1.29 is 4.79 Å². The molecule has 0 fully saturated rings. The summed E-state index contributed by atoms with van der Waals surface area (Å²) in [7, 11) is 0. The number of nitrogen functional groups attached to an aromatic ring is 1. The van der Waals surface area contributed by atoms with Crippen molar-refractivity contribution in [2.75, 3.05) is 25.4 Å². The molecule has 0 saturated carbocycles. The van der Waals surface area contributed by atoms with Gasteiger partial charge in [-0.2, -0.15) is 0 Å². The molecule has 0 bridgehead atoms. The molecule has 1 aliphatic rings. The molecule has 1 amide bonds. The average molecular weight is 323 g/mol. The molecule has 0 saturated heterocycles. The van der Waals surface area contributed by atoms with E-state index in [1.807, 2.05) is 24.3 Å². The van der Waals surface area contributed by atoms with Crippen molar-refractivity contribution >= 4 is 11.6 Å². The van der Waals surface area contributed by atoms with E-state index in [9.17, 15) is 4.79 Å². The van der Waals surface area contributed by atoms with E-state index in [-0.39, 0.29) is 5.91 Å². The van der Waals surface area contributed by atoms with Crippen molar-refractivity contribution in [2.24, 2.45) is 0 Å². The highest BCUT2D eigenvalue weighted by Gasteiger charge is 2.14. The SMILES string of the molecule is Nc1ccc(CC(=O)NCCCN2CCc3ccccc3C2)cc1. The van der Waals surface area contributed by atoms with Crippen LogP contribution in [0, 0.1) is 0 Å². The number of nitrogens with two attached hydrogens (primary N) is 1. The number of benzene rings is 2. The van der Waals surface area contributed by atoms with Crippen LogP contribution in [-0.2, 0) is 24.2 Å². The summed E-state index contributed by atoms with van der Waals surface area (Å²) in [6.07, 6.45) is 2.52. The molecule has 0 aliphatic carbocycles. The molecule has 2 aromatic rings. The van der Waals surface area contributed by atoms with Crippen LogP contribution in [-0.4, -0.2) is 30.4 Å². The van der Waals surface area contributed by atoms with Gasteiger partial charge in [0.1, 0.15) is 0 Å². The molecule has 3 rings (SSSR count). The first-order chi connectivity index (χ1) is 11.7. The van der Waals surface area contributed by atoms with E-state index in [2.05, 4.69) is 34.5 Å². The molecule has 0 atom stereocenters. The van der Waals surface area contributed by atoms with Gasteiger partial charge in [0, 0.05) is 31.9 Å². The van der Waals surface area contributed by atoms with E-state index in [1.54, 1.807) is 0 Å². The van der Waals surface area contributed by atoms with Crippen LogP contribution in [0.1, 0.15) is 23.1 Å². The third-order valence-corrected chi connectivity index (χ3v) is 4.53. The number of rotatable bonds is 6. The lowest BCUT2D eigenvalue weighted by Crippen LogP contribution is -2.34. The van der Waals surface area contributed by atoms with Gasteiger partial charge in [0.15, 0.2) is 0 Å². The van der Waals surface area contributed by atoms with Crippen LogP contribution >= 0.6 is 0 Å². The minimum absolute atomic E-state index is 0.0729. The number of nitrogens with one attached hydrogen (secondary N) is 1. The number of fused-ring (bicyclic) bond motifs is 1. The molecule has 2 aromatic carbocycles. The van der Waals surface area contributed by atoms with Gasteiger partial charge in [-0.3, -0.25) is 9.69 Å². The van der Waals surface area contributed by atoms with Gasteiger partial charge >= 0.3 is 0 Å². The van der Waals surface area contributed by atoms with Crippen molar-refractivity contribution in [1.29, 1.82) is 0 Å². The fourth-order valence-corrected chi connectivity index (χ4v) is 3.16. The van der Waals surface area contributed by atoms with E-state index in [4.69, 9.17) is 5.73 Å².